The molecule has 1 N–H and O–H groups in total. The largest absolute Gasteiger partial charge is 0.342 e. The van der Waals surface area contributed by atoms with E-state index in [0.717, 1.165) is 0 Å². The minimum absolute atomic E-state index is 0.0411. The van der Waals surface area contributed by atoms with Crippen molar-refractivity contribution in [2.24, 2.45) is 0 Å². The number of carbonyl (C=O) groups is 2. The molecule has 0 saturated carbocycles. The molecular weight excluding hydrogens is 264 g/mol. The van der Waals surface area contributed by atoms with Crippen molar-refractivity contribution in [3.05, 3.63) is 0 Å². The third-order valence-electron chi connectivity index (χ3n) is 3.94. The first-order valence-electron chi connectivity index (χ1n) is 6.79. The zero-order valence-corrected chi connectivity index (χ0v) is 13.0. The zero-order valence-electron chi connectivity index (χ0n) is 12.2. The second-order valence-electron chi connectivity index (χ2n) is 5.15. The normalized spacial score (nSPS) is 22.6. The third kappa shape index (κ3) is 3.55. The monoisotopic (exact) mass is 288 g/mol. The van der Waals surface area contributed by atoms with Gasteiger partial charge in [0.2, 0.25) is 11.8 Å². The molecule has 2 amide bonds. The molecule has 2 unspecified atom stereocenters. The average molecular weight is 288 g/mol. The predicted octanol–water partition coefficient (Wildman–Crippen LogP) is 0.661. The maximum absolute atomic E-state index is 12.6. The molecular formula is C13H24N2O3S. The Balaban J connectivity index is 2.96. The lowest BCUT2D eigenvalue weighted by Gasteiger charge is -2.34. The summed E-state index contributed by atoms with van der Waals surface area (Å²) >= 11 is 0. The Bertz CT molecular complexity index is 380. The number of nitrogens with one attached hydrogen (secondary N) is 1. The molecule has 0 aromatic heterocycles. The number of carbonyl (C=O) groups excluding carboxylic acids is 2. The van der Waals surface area contributed by atoms with Crippen molar-refractivity contribution in [2.75, 3.05) is 19.3 Å². The summed E-state index contributed by atoms with van der Waals surface area (Å²) in [6.07, 6.45) is 3.11. The van der Waals surface area contributed by atoms with Gasteiger partial charge in [0.1, 0.15) is 5.54 Å². The van der Waals surface area contributed by atoms with Crippen LogP contribution in [-0.4, -0.2) is 51.1 Å². The van der Waals surface area contributed by atoms with Gasteiger partial charge in [-0.05, 0) is 19.8 Å². The molecule has 5 nitrogen and oxygen atoms in total. The SMILES string of the molecule is CCC1(CC)NC(=O)CCN(CC(C)S(C)=O)C1=O. The Morgan fingerprint density at radius 1 is 1.37 bits per heavy atom. The van der Waals surface area contributed by atoms with Crippen LogP contribution in [0.1, 0.15) is 40.0 Å². The van der Waals surface area contributed by atoms with Gasteiger partial charge in [0.15, 0.2) is 0 Å². The summed E-state index contributed by atoms with van der Waals surface area (Å²) in [5.74, 6) is -0.120. The Hall–Kier alpha value is -0.910. The maximum Gasteiger partial charge on any atom is 0.248 e. The molecule has 0 aromatic rings. The molecule has 1 fully saturated rings. The molecule has 0 spiro atoms. The number of rotatable bonds is 5. The van der Waals surface area contributed by atoms with Crippen LogP contribution >= 0.6 is 0 Å². The minimum atomic E-state index is -0.969. The third-order valence-corrected chi connectivity index (χ3v) is 5.22. The van der Waals surface area contributed by atoms with Gasteiger partial charge in [0, 0.05) is 41.8 Å². The number of amides is 2. The van der Waals surface area contributed by atoms with Crippen molar-refractivity contribution in [1.82, 2.24) is 10.2 Å². The van der Waals surface area contributed by atoms with E-state index in [4.69, 9.17) is 0 Å². The molecule has 1 rings (SSSR count). The van der Waals surface area contributed by atoms with E-state index in [9.17, 15) is 13.8 Å². The molecule has 2 atom stereocenters. The van der Waals surface area contributed by atoms with E-state index in [1.807, 2.05) is 20.8 Å². The van der Waals surface area contributed by atoms with Gasteiger partial charge < -0.3 is 10.2 Å². The van der Waals surface area contributed by atoms with Crippen LogP contribution in [0.25, 0.3) is 0 Å². The summed E-state index contributed by atoms with van der Waals surface area (Å²) in [6, 6.07) is 0. The quantitative estimate of drug-likeness (QED) is 0.808. The Morgan fingerprint density at radius 3 is 2.42 bits per heavy atom. The summed E-state index contributed by atoms with van der Waals surface area (Å²) in [4.78, 5) is 26.1. The zero-order chi connectivity index (χ0) is 14.6. The second kappa shape index (κ2) is 6.50. The van der Waals surface area contributed by atoms with Gasteiger partial charge in [0.25, 0.3) is 0 Å². The summed E-state index contributed by atoms with van der Waals surface area (Å²) in [5.41, 5.74) is -0.789. The lowest BCUT2D eigenvalue weighted by Crippen LogP contribution is -2.57. The van der Waals surface area contributed by atoms with Gasteiger partial charge >= 0.3 is 0 Å². The smallest absolute Gasteiger partial charge is 0.248 e. The minimum Gasteiger partial charge on any atom is -0.342 e. The Morgan fingerprint density at radius 2 is 1.95 bits per heavy atom. The van der Waals surface area contributed by atoms with Gasteiger partial charge in [-0.15, -0.1) is 0 Å². The van der Waals surface area contributed by atoms with Crippen LogP contribution in [0.5, 0.6) is 0 Å². The molecule has 1 aliphatic rings. The standard InChI is InChI=1S/C13H24N2O3S/c1-5-13(6-2)12(17)15(8-7-11(16)14-13)9-10(3)19(4)18/h10H,5-9H2,1-4H3,(H,14,16). The summed E-state index contributed by atoms with van der Waals surface area (Å²) < 4.78 is 11.5. The highest BCUT2D eigenvalue weighted by Crippen LogP contribution is 2.22. The van der Waals surface area contributed by atoms with Crippen molar-refractivity contribution >= 4 is 22.6 Å². The van der Waals surface area contributed by atoms with Crippen LogP contribution < -0.4 is 5.32 Å². The lowest BCUT2D eigenvalue weighted by molar-refractivity contribution is -0.139. The summed E-state index contributed by atoms with van der Waals surface area (Å²) in [7, 11) is -0.969. The van der Waals surface area contributed by atoms with Gasteiger partial charge in [0.05, 0.1) is 0 Å². The van der Waals surface area contributed by atoms with Crippen molar-refractivity contribution in [3.63, 3.8) is 0 Å². The lowest BCUT2D eigenvalue weighted by atomic mass is 9.91. The maximum atomic E-state index is 12.6. The van der Waals surface area contributed by atoms with Crippen LogP contribution in [0.4, 0.5) is 0 Å². The second-order valence-corrected chi connectivity index (χ2v) is 6.95. The van der Waals surface area contributed by atoms with E-state index < -0.39 is 16.3 Å². The fourth-order valence-corrected chi connectivity index (χ4v) is 2.73. The van der Waals surface area contributed by atoms with E-state index in [1.54, 1.807) is 11.2 Å². The first kappa shape index (κ1) is 16.1. The van der Waals surface area contributed by atoms with Crippen LogP contribution in [-0.2, 0) is 20.4 Å². The molecule has 0 aliphatic carbocycles. The Labute approximate surface area is 117 Å². The fraction of sp³-hybridized carbons (Fsp3) is 0.846. The van der Waals surface area contributed by atoms with Crippen LogP contribution in [0.15, 0.2) is 0 Å². The molecule has 1 heterocycles. The Kier molecular flexibility index (Phi) is 5.52. The molecule has 1 aliphatic heterocycles. The molecule has 0 bridgehead atoms. The van der Waals surface area contributed by atoms with Gasteiger partial charge in [-0.3, -0.25) is 13.8 Å². The van der Waals surface area contributed by atoms with E-state index >= 15 is 0 Å². The summed E-state index contributed by atoms with van der Waals surface area (Å²) in [5, 5.41) is 2.79. The van der Waals surface area contributed by atoms with E-state index in [0.29, 0.717) is 32.4 Å². The van der Waals surface area contributed by atoms with Crippen molar-refractivity contribution in [2.45, 2.75) is 50.8 Å². The van der Waals surface area contributed by atoms with Crippen LogP contribution in [0, 0.1) is 0 Å². The fourth-order valence-electron chi connectivity index (χ4n) is 2.34. The number of hydrogen-bond donors (Lipinski definition) is 1. The highest BCUT2D eigenvalue weighted by atomic mass is 32.2. The van der Waals surface area contributed by atoms with E-state index in [1.165, 1.54) is 0 Å². The molecule has 6 heteroatoms. The predicted molar refractivity (Wildman–Crippen MR) is 76.2 cm³/mol. The van der Waals surface area contributed by atoms with Gasteiger partial charge in [-0.25, -0.2) is 0 Å². The van der Waals surface area contributed by atoms with Crippen LogP contribution in [0.3, 0.4) is 0 Å². The first-order valence-corrected chi connectivity index (χ1v) is 8.41. The molecule has 0 radical (unpaired) electrons. The summed E-state index contributed by atoms with van der Waals surface area (Å²) in [6.45, 7) is 6.54. The van der Waals surface area contributed by atoms with Gasteiger partial charge in [-0.2, -0.15) is 0 Å². The first-order chi connectivity index (χ1) is 8.86. The highest BCUT2D eigenvalue weighted by molar-refractivity contribution is 7.84. The van der Waals surface area contributed by atoms with Gasteiger partial charge in [-0.1, -0.05) is 13.8 Å². The topological polar surface area (TPSA) is 66.5 Å². The van der Waals surface area contributed by atoms with Crippen molar-refractivity contribution < 1.29 is 13.8 Å². The molecule has 19 heavy (non-hydrogen) atoms. The van der Waals surface area contributed by atoms with Crippen molar-refractivity contribution in [3.8, 4) is 0 Å². The molecule has 110 valence electrons. The average Bonchev–Trinajstić information content (AvgIpc) is 2.50. The molecule has 0 aromatic carbocycles. The highest BCUT2D eigenvalue weighted by Gasteiger charge is 2.42. The number of hydrogen-bond acceptors (Lipinski definition) is 3. The van der Waals surface area contributed by atoms with E-state index in [2.05, 4.69) is 5.32 Å². The van der Waals surface area contributed by atoms with E-state index in [-0.39, 0.29) is 17.1 Å². The van der Waals surface area contributed by atoms with Crippen molar-refractivity contribution in [1.29, 1.82) is 0 Å². The number of nitrogens with zero attached hydrogens (tertiary/aromatic N) is 1. The molecule has 1 saturated heterocycles. The van der Waals surface area contributed by atoms with Crippen LogP contribution in [0.2, 0.25) is 0 Å².